The highest BCUT2D eigenvalue weighted by Gasteiger charge is 2.21. The maximum Gasteiger partial charge on any atom is 0.247 e. The van der Waals surface area contributed by atoms with Crippen LogP contribution < -0.4 is 11.1 Å². The second-order valence-corrected chi connectivity index (χ2v) is 6.60. The molecular weight excluding hydrogens is 344 g/mol. The average Bonchev–Trinajstić information content (AvgIpc) is 3.14. The zero-order chi connectivity index (χ0) is 19.5. The first kappa shape index (κ1) is 21.1. The Kier molecular flexibility index (Phi) is 8.94. The van der Waals surface area contributed by atoms with E-state index >= 15 is 0 Å². The molecule has 1 fully saturated rings. The van der Waals surface area contributed by atoms with Crippen molar-refractivity contribution in [1.29, 1.82) is 0 Å². The van der Waals surface area contributed by atoms with Crippen molar-refractivity contribution in [3.05, 3.63) is 71.8 Å². The molecule has 1 heterocycles. The average molecular weight is 372 g/mol. The zero-order valence-corrected chi connectivity index (χ0v) is 15.3. The summed E-state index contributed by atoms with van der Waals surface area (Å²) in [5.41, 5.74) is 7.78. The van der Waals surface area contributed by atoms with Gasteiger partial charge in [0.25, 0.3) is 0 Å². The minimum Gasteiger partial charge on any atom is -0.393 e. The molecular formula is C21H28N2O4. The number of hydrogen-bond acceptors (Lipinski definition) is 5. The molecule has 0 aromatic heterocycles. The Labute approximate surface area is 160 Å². The number of hydrogen-bond donors (Lipinski definition) is 4. The number of amides is 1. The van der Waals surface area contributed by atoms with Crippen LogP contribution >= 0.6 is 0 Å². The minimum atomic E-state index is -0.978. The van der Waals surface area contributed by atoms with Gasteiger partial charge in [-0.2, -0.15) is 0 Å². The molecule has 1 aliphatic heterocycles. The molecule has 146 valence electrons. The summed E-state index contributed by atoms with van der Waals surface area (Å²) in [6.45, 7) is 0.624. The van der Waals surface area contributed by atoms with Crippen LogP contribution in [0.3, 0.4) is 0 Å². The van der Waals surface area contributed by atoms with Crippen molar-refractivity contribution in [2.75, 3.05) is 13.3 Å². The summed E-state index contributed by atoms with van der Waals surface area (Å²) < 4.78 is 4.60. The predicted octanol–water partition coefficient (Wildman–Crippen LogP) is 1.21. The van der Waals surface area contributed by atoms with Crippen LogP contribution in [0.5, 0.6) is 0 Å². The van der Waals surface area contributed by atoms with Crippen LogP contribution in [0.4, 0.5) is 0 Å². The van der Waals surface area contributed by atoms with Gasteiger partial charge in [-0.05, 0) is 29.9 Å². The number of carbonyl (C=O) groups excluding carboxylic acids is 1. The minimum absolute atomic E-state index is 0.0185. The number of aliphatic hydroxyl groups is 2. The van der Waals surface area contributed by atoms with Gasteiger partial charge in [-0.1, -0.05) is 60.7 Å². The maximum absolute atomic E-state index is 10.4. The molecule has 1 aliphatic rings. The molecule has 0 spiro atoms. The van der Waals surface area contributed by atoms with E-state index in [1.807, 2.05) is 36.4 Å². The molecule has 27 heavy (non-hydrogen) atoms. The summed E-state index contributed by atoms with van der Waals surface area (Å²) >= 11 is 0. The molecule has 1 unspecified atom stereocenters. The Balaban J connectivity index is 0.000000369. The van der Waals surface area contributed by atoms with E-state index in [0.717, 1.165) is 12.8 Å². The molecule has 2 atom stereocenters. The zero-order valence-electron chi connectivity index (χ0n) is 15.3. The third-order valence-electron chi connectivity index (χ3n) is 4.31. The lowest BCUT2D eigenvalue weighted by molar-refractivity contribution is -0.119. The van der Waals surface area contributed by atoms with Gasteiger partial charge in [0.15, 0.2) is 0 Å². The normalized spacial score (nSPS) is 15.6. The molecule has 6 nitrogen and oxygen atoms in total. The number of ether oxygens (including phenoxy) is 1. The van der Waals surface area contributed by atoms with E-state index in [2.05, 4.69) is 34.3 Å². The van der Waals surface area contributed by atoms with Crippen molar-refractivity contribution in [1.82, 2.24) is 5.32 Å². The molecule has 1 amide bonds. The molecule has 3 rings (SSSR count). The highest BCUT2D eigenvalue weighted by molar-refractivity contribution is 5.78. The van der Waals surface area contributed by atoms with E-state index < -0.39 is 12.3 Å². The van der Waals surface area contributed by atoms with Gasteiger partial charge in [-0.25, -0.2) is 0 Å². The summed E-state index contributed by atoms with van der Waals surface area (Å²) in [6, 6.07) is 20.2. The Morgan fingerprint density at radius 3 is 1.81 bits per heavy atom. The predicted molar refractivity (Wildman–Crippen MR) is 104 cm³/mol. The Bertz CT molecular complexity index is 615. The van der Waals surface area contributed by atoms with E-state index in [0.29, 0.717) is 6.73 Å². The van der Waals surface area contributed by atoms with Crippen LogP contribution in [-0.2, 0) is 22.4 Å². The number of benzene rings is 2. The summed E-state index contributed by atoms with van der Waals surface area (Å²) in [5, 5.41) is 22.1. The lowest BCUT2D eigenvalue weighted by Crippen LogP contribution is -2.32. The van der Waals surface area contributed by atoms with Gasteiger partial charge in [-0.15, -0.1) is 0 Å². The summed E-state index contributed by atoms with van der Waals surface area (Å²) in [6.07, 6.45) is 0.136. The van der Waals surface area contributed by atoms with Crippen LogP contribution in [0.15, 0.2) is 60.7 Å². The van der Waals surface area contributed by atoms with E-state index in [4.69, 9.17) is 5.73 Å². The first-order valence-corrected chi connectivity index (χ1v) is 9.08. The highest BCUT2D eigenvalue weighted by atomic mass is 16.5. The van der Waals surface area contributed by atoms with Gasteiger partial charge in [-0.3, -0.25) is 4.79 Å². The monoisotopic (exact) mass is 372 g/mol. The number of aliphatic hydroxyl groups excluding tert-OH is 2. The second-order valence-electron chi connectivity index (χ2n) is 6.60. The fourth-order valence-corrected chi connectivity index (χ4v) is 2.94. The SMILES string of the molecule is NC(O)C[C@H](O)C(Cc1ccccc1)Cc1ccccc1.O=C1COCN1. The van der Waals surface area contributed by atoms with Crippen molar-refractivity contribution in [3.8, 4) is 0 Å². The van der Waals surface area contributed by atoms with Crippen molar-refractivity contribution in [2.24, 2.45) is 11.7 Å². The highest BCUT2D eigenvalue weighted by Crippen LogP contribution is 2.20. The van der Waals surface area contributed by atoms with Gasteiger partial charge in [0.2, 0.25) is 5.91 Å². The lowest BCUT2D eigenvalue weighted by Gasteiger charge is -2.24. The molecule has 6 heteroatoms. The van der Waals surface area contributed by atoms with Gasteiger partial charge >= 0.3 is 0 Å². The third-order valence-corrected chi connectivity index (χ3v) is 4.31. The van der Waals surface area contributed by atoms with Gasteiger partial charge in [0.05, 0.1) is 6.10 Å². The summed E-state index contributed by atoms with van der Waals surface area (Å²) in [4.78, 5) is 10.0. The number of nitrogens with one attached hydrogen (secondary N) is 1. The number of carbonyl (C=O) groups is 1. The van der Waals surface area contributed by atoms with Gasteiger partial charge in [0.1, 0.15) is 19.6 Å². The quantitative estimate of drug-likeness (QED) is 0.547. The van der Waals surface area contributed by atoms with Crippen LogP contribution in [0.2, 0.25) is 0 Å². The van der Waals surface area contributed by atoms with Crippen molar-refractivity contribution < 1.29 is 19.7 Å². The molecule has 0 bridgehead atoms. The fraction of sp³-hybridized carbons (Fsp3) is 0.381. The molecule has 1 saturated heterocycles. The third kappa shape index (κ3) is 8.32. The molecule has 2 aromatic rings. The topological polar surface area (TPSA) is 105 Å². The van der Waals surface area contributed by atoms with E-state index in [1.165, 1.54) is 11.1 Å². The summed E-state index contributed by atoms with van der Waals surface area (Å²) in [7, 11) is 0. The maximum atomic E-state index is 10.4. The van der Waals surface area contributed by atoms with Gasteiger partial charge < -0.3 is 26.0 Å². The Morgan fingerprint density at radius 1 is 0.963 bits per heavy atom. The first-order valence-electron chi connectivity index (χ1n) is 9.08. The standard InChI is InChI=1S/C18H23NO2.C3H5NO2/c19-18(21)13-17(20)16(11-14-7-3-1-4-8-14)12-15-9-5-2-6-10-15;5-3-1-6-2-4-3/h1-10,16-18,20-21H,11-13,19H2;1-2H2,(H,4,5)/t17-,18?;/m0./s1. The summed E-state index contributed by atoms with van der Waals surface area (Å²) in [5.74, 6) is 0.0167. The molecule has 0 saturated carbocycles. The molecule has 5 N–H and O–H groups in total. The number of rotatable bonds is 7. The Morgan fingerprint density at radius 2 is 1.48 bits per heavy atom. The van der Waals surface area contributed by atoms with Crippen LogP contribution in [0, 0.1) is 5.92 Å². The van der Waals surface area contributed by atoms with Crippen molar-refractivity contribution in [3.63, 3.8) is 0 Å². The first-order chi connectivity index (χ1) is 13.0. The number of nitrogens with two attached hydrogens (primary N) is 1. The molecule has 0 aliphatic carbocycles. The van der Waals surface area contributed by atoms with Crippen LogP contribution in [0.25, 0.3) is 0 Å². The largest absolute Gasteiger partial charge is 0.393 e. The second kappa shape index (κ2) is 11.5. The van der Waals surface area contributed by atoms with Gasteiger partial charge in [0, 0.05) is 6.42 Å². The van der Waals surface area contributed by atoms with Crippen molar-refractivity contribution in [2.45, 2.75) is 31.6 Å². The molecule has 2 aromatic carbocycles. The lowest BCUT2D eigenvalue weighted by atomic mass is 9.86. The van der Waals surface area contributed by atoms with E-state index in [-0.39, 0.29) is 24.9 Å². The Hall–Kier alpha value is -2.25. The molecule has 0 radical (unpaired) electrons. The van der Waals surface area contributed by atoms with Crippen LogP contribution in [-0.4, -0.2) is 41.8 Å². The van der Waals surface area contributed by atoms with Crippen LogP contribution in [0.1, 0.15) is 17.5 Å². The van der Waals surface area contributed by atoms with E-state index in [1.54, 1.807) is 0 Å². The smallest absolute Gasteiger partial charge is 0.247 e. The fourth-order valence-electron chi connectivity index (χ4n) is 2.94. The van der Waals surface area contributed by atoms with E-state index in [9.17, 15) is 15.0 Å². The van der Waals surface area contributed by atoms with Crippen molar-refractivity contribution >= 4 is 5.91 Å².